The van der Waals surface area contributed by atoms with Crippen LogP contribution in [0.25, 0.3) is 10.9 Å². The Morgan fingerprint density at radius 3 is 2.86 bits per heavy atom. The molecule has 2 nitrogen and oxygen atoms in total. The third-order valence-corrected chi connectivity index (χ3v) is 3.91. The molecule has 3 aromatic rings. The number of fused-ring (bicyclic) bond motifs is 1. The van der Waals surface area contributed by atoms with E-state index in [0.29, 0.717) is 17.1 Å². The van der Waals surface area contributed by atoms with E-state index >= 15 is 0 Å². The first-order valence-corrected chi connectivity index (χ1v) is 7.52. The second-order valence-corrected chi connectivity index (χ2v) is 5.96. The second kappa shape index (κ2) is 6.00. The fraction of sp³-hybridized carbons (Fsp3) is 0.0625. The number of pyridine rings is 1. The second-order valence-electron chi connectivity index (χ2n) is 4.61. The highest BCUT2D eigenvalue weighted by Gasteiger charge is 2.05. The number of nitrogens with zero attached hydrogens (tertiary/aromatic N) is 1. The highest BCUT2D eigenvalue weighted by Crippen LogP contribution is 2.25. The zero-order chi connectivity index (χ0) is 14.8. The van der Waals surface area contributed by atoms with Crippen molar-refractivity contribution in [1.82, 2.24) is 4.98 Å². The molecule has 3 rings (SSSR count). The lowest BCUT2D eigenvalue weighted by Gasteiger charge is -2.10. The molecule has 5 heteroatoms. The van der Waals surface area contributed by atoms with Crippen LogP contribution in [0.1, 0.15) is 5.56 Å². The van der Waals surface area contributed by atoms with Crippen molar-refractivity contribution in [3.05, 3.63) is 69.5 Å². The van der Waals surface area contributed by atoms with Crippen molar-refractivity contribution in [2.45, 2.75) is 6.54 Å². The molecular formula is C16H11BrClFN2. The van der Waals surface area contributed by atoms with E-state index in [9.17, 15) is 4.39 Å². The smallest absolute Gasteiger partial charge is 0.128 e. The molecule has 0 unspecified atom stereocenters. The first-order chi connectivity index (χ1) is 10.1. The van der Waals surface area contributed by atoms with Crippen LogP contribution in [-0.2, 0) is 6.54 Å². The molecule has 2 aromatic carbocycles. The van der Waals surface area contributed by atoms with Crippen LogP contribution in [0.5, 0.6) is 0 Å². The zero-order valence-corrected chi connectivity index (χ0v) is 13.2. The first kappa shape index (κ1) is 14.3. The molecule has 0 spiro atoms. The predicted molar refractivity (Wildman–Crippen MR) is 88.2 cm³/mol. The van der Waals surface area contributed by atoms with Crippen LogP contribution in [0.2, 0.25) is 5.02 Å². The van der Waals surface area contributed by atoms with Gasteiger partial charge in [0.05, 0.1) is 5.52 Å². The minimum atomic E-state index is -0.230. The van der Waals surface area contributed by atoms with Gasteiger partial charge in [0.25, 0.3) is 0 Å². The number of hydrogen-bond donors (Lipinski definition) is 1. The molecule has 0 aliphatic heterocycles. The van der Waals surface area contributed by atoms with E-state index in [0.717, 1.165) is 21.1 Å². The van der Waals surface area contributed by atoms with E-state index in [1.807, 2.05) is 24.3 Å². The summed E-state index contributed by atoms with van der Waals surface area (Å²) in [6.07, 6.45) is 1.71. The lowest BCUT2D eigenvalue weighted by Crippen LogP contribution is -2.02. The van der Waals surface area contributed by atoms with Gasteiger partial charge >= 0.3 is 0 Å². The fourth-order valence-corrected chi connectivity index (χ4v) is 2.72. The van der Waals surface area contributed by atoms with Gasteiger partial charge in [-0.15, -0.1) is 0 Å². The summed E-state index contributed by atoms with van der Waals surface area (Å²) in [5, 5.41) is 4.85. The standard InChI is InChI=1S/C16H11BrClFN2/c17-11-1-4-14(19)10(7-11)9-21-15-5-6-20-16-8-12(18)2-3-13(15)16/h1-8H,9H2,(H,20,21). The van der Waals surface area contributed by atoms with Crippen LogP contribution in [0.15, 0.2) is 53.1 Å². The van der Waals surface area contributed by atoms with Crippen LogP contribution in [0, 0.1) is 5.82 Å². The monoisotopic (exact) mass is 364 g/mol. The summed E-state index contributed by atoms with van der Waals surface area (Å²) in [7, 11) is 0. The highest BCUT2D eigenvalue weighted by molar-refractivity contribution is 9.10. The maximum absolute atomic E-state index is 13.7. The molecule has 0 saturated heterocycles. The third-order valence-electron chi connectivity index (χ3n) is 3.18. The van der Waals surface area contributed by atoms with Crippen LogP contribution >= 0.6 is 27.5 Å². The number of rotatable bonds is 3. The Morgan fingerprint density at radius 1 is 1.14 bits per heavy atom. The first-order valence-electron chi connectivity index (χ1n) is 6.35. The van der Waals surface area contributed by atoms with Crippen molar-refractivity contribution >= 4 is 44.1 Å². The number of nitrogens with one attached hydrogen (secondary N) is 1. The van der Waals surface area contributed by atoms with Gasteiger partial charge in [-0.25, -0.2) is 4.39 Å². The minimum absolute atomic E-state index is 0.230. The van der Waals surface area contributed by atoms with Crippen LogP contribution < -0.4 is 5.32 Å². The summed E-state index contributed by atoms with van der Waals surface area (Å²) >= 11 is 9.32. The summed E-state index contributed by atoms with van der Waals surface area (Å²) < 4.78 is 14.6. The van der Waals surface area contributed by atoms with E-state index in [2.05, 4.69) is 26.2 Å². The van der Waals surface area contributed by atoms with Crippen molar-refractivity contribution in [2.75, 3.05) is 5.32 Å². The highest BCUT2D eigenvalue weighted by atomic mass is 79.9. The van der Waals surface area contributed by atoms with E-state index in [1.165, 1.54) is 6.07 Å². The number of anilines is 1. The van der Waals surface area contributed by atoms with Gasteiger partial charge in [0.1, 0.15) is 5.82 Å². The Bertz CT molecular complexity index is 807. The van der Waals surface area contributed by atoms with Gasteiger partial charge in [-0.2, -0.15) is 0 Å². The van der Waals surface area contributed by atoms with Crippen molar-refractivity contribution in [1.29, 1.82) is 0 Å². The average molecular weight is 366 g/mol. The van der Waals surface area contributed by atoms with Gasteiger partial charge in [0.15, 0.2) is 0 Å². The van der Waals surface area contributed by atoms with E-state index in [-0.39, 0.29) is 5.82 Å². The number of hydrogen-bond acceptors (Lipinski definition) is 2. The number of halogens is 3. The summed E-state index contributed by atoms with van der Waals surface area (Å²) in [5.41, 5.74) is 2.31. The lowest BCUT2D eigenvalue weighted by molar-refractivity contribution is 0.612. The minimum Gasteiger partial charge on any atom is -0.380 e. The largest absolute Gasteiger partial charge is 0.380 e. The Morgan fingerprint density at radius 2 is 2.00 bits per heavy atom. The van der Waals surface area contributed by atoms with Gasteiger partial charge in [0.2, 0.25) is 0 Å². The summed E-state index contributed by atoms with van der Waals surface area (Å²) in [6.45, 7) is 0.396. The molecular weight excluding hydrogens is 355 g/mol. The molecule has 0 aliphatic rings. The molecule has 0 fully saturated rings. The van der Waals surface area contributed by atoms with Gasteiger partial charge in [-0.3, -0.25) is 4.98 Å². The topological polar surface area (TPSA) is 24.9 Å². The molecule has 106 valence electrons. The van der Waals surface area contributed by atoms with E-state index in [4.69, 9.17) is 11.6 Å². The maximum atomic E-state index is 13.7. The van der Waals surface area contributed by atoms with Crippen molar-refractivity contribution in [3.8, 4) is 0 Å². The summed E-state index contributed by atoms with van der Waals surface area (Å²) in [5.74, 6) is -0.230. The van der Waals surface area contributed by atoms with Gasteiger partial charge in [0, 0.05) is 38.9 Å². The van der Waals surface area contributed by atoms with Gasteiger partial charge < -0.3 is 5.32 Å². The molecule has 1 heterocycles. The number of aromatic nitrogens is 1. The molecule has 0 atom stereocenters. The van der Waals surface area contributed by atoms with Gasteiger partial charge in [-0.05, 0) is 42.5 Å². The van der Waals surface area contributed by atoms with Crippen molar-refractivity contribution in [3.63, 3.8) is 0 Å². The molecule has 0 radical (unpaired) electrons. The Labute approximate surface area is 135 Å². The maximum Gasteiger partial charge on any atom is 0.128 e. The molecule has 0 bridgehead atoms. The Balaban J connectivity index is 1.90. The molecule has 1 aromatic heterocycles. The van der Waals surface area contributed by atoms with Crippen LogP contribution in [-0.4, -0.2) is 4.98 Å². The fourth-order valence-electron chi connectivity index (χ4n) is 2.14. The SMILES string of the molecule is Fc1ccc(Br)cc1CNc1ccnc2cc(Cl)ccc12. The zero-order valence-electron chi connectivity index (χ0n) is 10.9. The predicted octanol–water partition coefficient (Wildman–Crippen LogP) is 5.40. The van der Waals surface area contributed by atoms with E-state index < -0.39 is 0 Å². The summed E-state index contributed by atoms with van der Waals surface area (Å²) in [6, 6.07) is 12.3. The normalized spacial score (nSPS) is 10.8. The molecule has 0 amide bonds. The van der Waals surface area contributed by atoms with Crippen LogP contribution in [0.4, 0.5) is 10.1 Å². The Hall–Kier alpha value is -1.65. The summed E-state index contributed by atoms with van der Waals surface area (Å²) in [4.78, 5) is 4.28. The lowest BCUT2D eigenvalue weighted by atomic mass is 10.1. The van der Waals surface area contributed by atoms with Crippen LogP contribution in [0.3, 0.4) is 0 Å². The van der Waals surface area contributed by atoms with Crippen molar-refractivity contribution < 1.29 is 4.39 Å². The number of benzene rings is 2. The van der Waals surface area contributed by atoms with Gasteiger partial charge in [-0.1, -0.05) is 27.5 Å². The van der Waals surface area contributed by atoms with Crippen molar-refractivity contribution in [2.24, 2.45) is 0 Å². The Kier molecular flexibility index (Phi) is 4.08. The molecule has 0 saturated carbocycles. The molecule has 1 N–H and O–H groups in total. The molecule has 0 aliphatic carbocycles. The third kappa shape index (κ3) is 3.17. The van der Waals surface area contributed by atoms with E-state index in [1.54, 1.807) is 18.3 Å². The average Bonchev–Trinajstić information content (AvgIpc) is 2.47. The quantitative estimate of drug-likeness (QED) is 0.672. The molecule has 21 heavy (non-hydrogen) atoms.